The van der Waals surface area contributed by atoms with Crippen molar-refractivity contribution in [3.05, 3.63) is 0 Å². The molecule has 6 heavy (non-hydrogen) atoms. The van der Waals surface area contributed by atoms with Crippen LogP contribution in [0.15, 0.2) is 0 Å². The lowest BCUT2D eigenvalue weighted by Crippen LogP contribution is -2.44. The van der Waals surface area contributed by atoms with Crippen molar-refractivity contribution in [3.63, 3.8) is 0 Å². The van der Waals surface area contributed by atoms with E-state index in [1.165, 1.54) is 0 Å². The summed E-state index contributed by atoms with van der Waals surface area (Å²) in [6, 6.07) is 0. The maximum Gasteiger partial charge on any atom is 0.319 e. The minimum atomic E-state index is -0.111. The predicted octanol–water partition coefficient (Wildman–Crippen LogP) is -0.907. The zero-order valence-corrected chi connectivity index (χ0v) is 4.01. The second kappa shape index (κ2) is 1.36. The predicted molar refractivity (Wildman–Crippen MR) is 22.4 cm³/mol. The summed E-state index contributed by atoms with van der Waals surface area (Å²) in [5, 5.41) is 0. The molecule has 0 saturated carbocycles. The number of nitrogens with zero attached hydrogens (tertiary/aromatic N) is 1. The van der Waals surface area contributed by atoms with Crippen molar-refractivity contribution in [2.75, 3.05) is 14.1 Å². The molecule has 0 aliphatic carbocycles. The van der Waals surface area contributed by atoms with Gasteiger partial charge in [-0.25, -0.2) is 4.79 Å². The molecular formula is C3H9N2O+. The lowest BCUT2D eigenvalue weighted by molar-refractivity contribution is -0.816. The van der Waals surface area contributed by atoms with Crippen molar-refractivity contribution in [1.82, 2.24) is 0 Å². The molecule has 0 bridgehead atoms. The molecule has 3 heteroatoms. The average molecular weight is 89.1 g/mol. The van der Waals surface area contributed by atoms with Crippen LogP contribution in [0.5, 0.6) is 0 Å². The van der Waals surface area contributed by atoms with Gasteiger partial charge in [0.15, 0.2) is 0 Å². The number of amides is 1. The van der Waals surface area contributed by atoms with Crippen LogP contribution in [0, 0.1) is 0 Å². The van der Waals surface area contributed by atoms with Gasteiger partial charge in [-0.15, -0.1) is 0 Å². The number of hydrogen-bond acceptors (Lipinski definition) is 2. The Morgan fingerprint density at radius 3 is 1.83 bits per heavy atom. The maximum atomic E-state index is 9.67. The van der Waals surface area contributed by atoms with Gasteiger partial charge in [0.25, 0.3) is 0 Å². The first-order chi connectivity index (χ1) is 2.56. The fourth-order valence-electron chi connectivity index (χ4n) is 0. The highest BCUT2D eigenvalue weighted by molar-refractivity contribution is 5.35. The molecule has 2 N–H and O–H groups in total. The van der Waals surface area contributed by atoms with E-state index in [4.69, 9.17) is 5.84 Å². The summed E-state index contributed by atoms with van der Waals surface area (Å²) >= 11 is 0. The second-order valence-electron chi connectivity index (χ2n) is 1.73. The minimum Gasteiger partial charge on any atom is -0.232 e. The third-order valence-electron chi connectivity index (χ3n) is 0.272. The Kier molecular flexibility index (Phi) is 1.27. The van der Waals surface area contributed by atoms with Gasteiger partial charge in [-0.05, 0) is 0 Å². The Labute approximate surface area is 36.9 Å². The molecule has 0 radical (unpaired) electrons. The molecule has 0 aliphatic heterocycles. The summed E-state index contributed by atoms with van der Waals surface area (Å²) in [5.74, 6) is 5.10. The molecule has 0 heterocycles. The van der Waals surface area contributed by atoms with Crippen molar-refractivity contribution in [1.29, 1.82) is 0 Å². The highest BCUT2D eigenvalue weighted by Gasteiger charge is 2.00. The molecule has 0 aliphatic rings. The van der Waals surface area contributed by atoms with Crippen LogP contribution in [0.3, 0.4) is 0 Å². The van der Waals surface area contributed by atoms with Crippen molar-refractivity contribution < 1.29 is 9.39 Å². The number of quaternary nitrogens is 1. The van der Waals surface area contributed by atoms with Crippen LogP contribution >= 0.6 is 0 Å². The van der Waals surface area contributed by atoms with E-state index in [2.05, 4.69) is 0 Å². The molecule has 36 valence electrons. The van der Waals surface area contributed by atoms with E-state index in [-0.39, 0.29) is 4.59 Å². The summed E-state index contributed by atoms with van der Waals surface area (Å²) in [4.78, 5) is 9.67. The van der Waals surface area contributed by atoms with Crippen molar-refractivity contribution >= 4 is 6.41 Å². The normalized spacial score (nSPS) is 11.2. The fourth-order valence-corrected chi connectivity index (χ4v) is 0. The van der Waals surface area contributed by atoms with E-state index in [0.717, 1.165) is 0 Å². The Balaban J connectivity index is 3.45. The van der Waals surface area contributed by atoms with E-state index in [0.29, 0.717) is 6.41 Å². The maximum absolute atomic E-state index is 9.67. The van der Waals surface area contributed by atoms with Gasteiger partial charge in [0.1, 0.15) is 0 Å². The summed E-state index contributed by atoms with van der Waals surface area (Å²) in [5.41, 5.74) is 0. The second-order valence-corrected chi connectivity index (χ2v) is 1.73. The van der Waals surface area contributed by atoms with E-state index < -0.39 is 0 Å². The third kappa shape index (κ3) is 3.59. The number of carbonyl (C=O) groups is 1. The van der Waals surface area contributed by atoms with Crippen molar-refractivity contribution in [3.8, 4) is 0 Å². The van der Waals surface area contributed by atoms with Gasteiger partial charge in [-0.3, -0.25) is 0 Å². The molecule has 0 unspecified atom stereocenters. The Bertz CT molecular complexity index is 54.3. The number of nitrogens with two attached hydrogens (primary N) is 1. The van der Waals surface area contributed by atoms with E-state index in [1.807, 2.05) is 0 Å². The van der Waals surface area contributed by atoms with Gasteiger partial charge < -0.3 is 0 Å². The highest BCUT2D eigenvalue weighted by atomic mass is 16.2. The summed E-state index contributed by atoms with van der Waals surface area (Å²) in [7, 11) is 3.18. The van der Waals surface area contributed by atoms with Crippen molar-refractivity contribution in [2.24, 2.45) is 5.84 Å². The van der Waals surface area contributed by atoms with Crippen LogP contribution in [-0.2, 0) is 4.79 Å². The molecule has 0 aromatic heterocycles. The van der Waals surface area contributed by atoms with Gasteiger partial charge >= 0.3 is 6.41 Å². The largest absolute Gasteiger partial charge is 0.319 e. The minimum absolute atomic E-state index is 0.111. The number of rotatable bonds is 1. The first kappa shape index (κ1) is 5.59. The molecule has 0 aromatic carbocycles. The molecule has 0 aromatic rings. The van der Waals surface area contributed by atoms with Gasteiger partial charge in [-0.1, -0.05) is 0 Å². The van der Waals surface area contributed by atoms with Gasteiger partial charge in [-0.2, -0.15) is 10.4 Å². The van der Waals surface area contributed by atoms with E-state index in [9.17, 15) is 4.79 Å². The third-order valence-corrected chi connectivity index (χ3v) is 0.272. The van der Waals surface area contributed by atoms with Gasteiger partial charge in [0, 0.05) is 0 Å². The molecule has 0 fully saturated rings. The molecule has 0 rings (SSSR count). The first-order valence-electron chi connectivity index (χ1n) is 1.65. The van der Waals surface area contributed by atoms with Crippen LogP contribution in [0.4, 0.5) is 0 Å². The SMILES string of the molecule is C[N+](C)(N)C=O. The Morgan fingerprint density at radius 1 is 1.67 bits per heavy atom. The van der Waals surface area contributed by atoms with Crippen molar-refractivity contribution in [2.45, 2.75) is 0 Å². The van der Waals surface area contributed by atoms with Crippen LogP contribution in [0.1, 0.15) is 0 Å². The smallest absolute Gasteiger partial charge is 0.232 e. The summed E-state index contributed by atoms with van der Waals surface area (Å²) in [6.07, 6.45) is 0.653. The highest BCUT2D eigenvalue weighted by Crippen LogP contribution is 1.68. The molecule has 1 amide bonds. The number of carbonyl (C=O) groups excluding carboxylic acids is 1. The average Bonchev–Trinajstić information content (AvgIpc) is 1.35. The Hall–Kier alpha value is -0.410. The van der Waals surface area contributed by atoms with Crippen LogP contribution < -0.4 is 5.84 Å². The zero-order valence-electron chi connectivity index (χ0n) is 4.01. The zero-order chi connectivity index (χ0) is 5.21. The van der Waals surface area contributed by atoms with E-state index in [1.54, 1.807) is 14.1 Å². The van der Waals surface area contributed by atoms with Gasteiger partial charge in [0.05, 0.1) is 14.1 Å². The summed E-state index contributed by atoms with van der Waals surface area (Å²) in [6.45, 7) is 0. The molecular weight excluding hydrogens is 80.0 g/mol. The number of hydrogen-bond donors (Lipinski definition) is 1. The van der Waals surface area contributed by atoms with Gasteiger partial charge in [0.2, 0.25) is 0 Å². The fraction of sp³-hybridized carbons (Fsp3) is 0.667. The quantitative estimate of drug-likeness (QED) is 0.149. The first-order valence-corrected chi connectivity index (χ1v) is 1.65. The molecule has 3 nitrogen and oxygen atoms in total. The standard InChI is InChI=1S/C3H9N2O/c1-5(2,4)3-6/h3H,4H2,1-2H3/q+1. The van der Waals surface area contributed by atoms with Crippen LogP contribution in [0.25, 0.3) is 0 Å². The Morgan fingerprint density at radius 2 is 1.83 bits per heavy atom. The van der Waals surface area contributed by atoms with E-state index >= 15 is 0 Å². The topological polar surface area (TPSA) is 43.1 Å². The lowest BCUT2D eigenvalue weighted by Gasteiger charge is -2.09. The molecule has 0 spiro atoms. The molecule has 0 atom stereocenters. The lowest BCUT2D eigenvalue weighted by atomic mass is 10.9. The molecule has 0 saturated heterocycles. The van der Waals surface area contributed by atoms with Crippen LogP contribution in [0.2, 0.25) is 0 Å². The summed E-state index contributed by atoms with van der Waals surface area (Å²) < 4.78 is -0.111. The van der Waals surface area contributed by atoms with Crippen LogP contribution in [-0.4, -0.2) is 25.1 Å². The monoisotopic (exact) mass is 89.1 g/mol.